The Labute approximate surface area is 193 Å². The fourth-order valence-electron chi connectivity index (χ4n) is 4.51. The zero-order valence-corrected chi connectivity index (χ0v) is 19.0. The van der Waals surface area contributed by atoms with Gasteiger partial charge in [0.15, 0.2) is 0 Å². The van der Waals surface area contributed by atoms with Gasteiger partial charge in [-0.15, -0.1) is 0 Å². The van der Waals surface area contributed by atoms with E-state index in [0.29, 0.717) is 18.8 Å². The molecule has 32 heavy (non-hydrogen) atoms. The van der Waals surface area contributed by atoms with E-state index in [1.807, 2.05) is 0 Å². The van der Waals surface area contributed by atoms with Gasteiger partial charge in [0.05, 0.1) is 23.3 Å². The molecule has 1 aliphatic carbocycles. The number of benzene rings is 2. The Hall–Kier alpha value is -3.07. The minimum Gasteiger partial charge on any atom is -0.272 e. The van der Waals surface area contributed by atoms with Crippen LogP contribution < -0.4 is 0 Å². The van der Waals surface area contributed by atoms with Gasteiger partial charge in [-0.2, -0.15) is 5.01 Å². The number of nitrogens with zero attached hydrogens (tertiary/aromatic N) is 3. The molecule has 0 aromatic heterocycles. The first-order valence-electron chi connectivity index (χ1n) is 10.4. The first kappa shape index (κ1) is 22.1. The van der Waals surface area contributed by atoms with Crippen molar-refractivity contribution in [1.29, 1.82) is 0 Å². The summed E-state index contributed by atoms with van der Waals surface area (Å²) in [6.07, 6.45) is 2.09. The van der Waals surface area contributed by atoms with Gasteiger partial charge in [0, 0.05) is 22.2 Å². The van der Waals surface area contributed by atoms with Gasteiger partial charge in [-0.3, -0.25) is 24.5 Å². The highest BCUT2D eigenvalue weighted by Gasteiger charge is 2.52. The zero-order chi connectivity index (χ0) is 23.0. The maximum atomic E-state index is 13.5. The summed E-state index contributed by atoms with van der Waals surface area (Å²) in [5, 5.41) is 13.3. The predicted octanol–water partition coefficient (Wildman–Crippen LogP) is 4.34. The van der Waals surface area contributed by atoms with Crippen molar-refractivity contribution in [2.45, 2.75) is 32.7 Å². The largest absolute Gasteiger partial charge is 0.273 e. The molecular weight excluding hydrogens is 478 g/mol. The number of nitro benzene ring substituents is 1. The number of carbonyl (C=O) groups excluding carboxylic acids is 3. The predicted molar refractivity (Wildman–Crippen MR) is 119 cm³/mol. The van der Waals surface area contributed by atoms with Crippen molar-refractivity contribution in [1.82, 2.24) is 10.0 Å². The number of hydrogen-bond acceptors (Lipinski definition) is 5. The smallest absolute Gasteiger partial charge is 0.272 e. The molecule has 2 aromatic rings. The molecule has 0 N–H and O–H groups in total. The van der Waals surface area contributed by atoms with Gasteiger partial charge in [-0.25, -0.2) is 5.01 Å². The molecular formula is C23H22BrN3O5. The molecule has 166 valence electrons. The minimum absolute atomic E-state index is 0.0126. The summed E-state index contributed by atoms with van der Waals surface area (Å²) in [5.41, 5.74) is 0.525. The Morgan fingerprint density at radius 1 is 1.12 bits per heavy atom. The minimum atomic E-state index is -0.634. The summed E-state index contributed by atoms with van der Waals surface area (Å²) in [6.45, 7) is 2.05. The van der Waals surface area contributed by atoms with E-state index in [9.17, 15) is 24.5 Å². The lowest BCUT2D eigenvalue weighted by atomic mass is 9.76. The number of rotatable bonds is 5. The van der Waals surface area contributed by atoms with Crippen molar-refractivity contribution < 1.29 is 19.3 Å². The molecule has 1 saturated heterocycles. The topological polar surface area (TPSA) is 101 Å². The van der Waals surface area contributed by atoms with Gasteiger partial charge in [-0.05, 0) is 48.9 Å². The van der Waals surface area contributed by atoms with Crippen LogP contribution in [-0.4, -0.2) is 32.7 Å². The molecule has 1 saturated carbocycles. The fourth-order valence-corrected chi connectivity index (χ4v) is 4.77. The third-order valence-corrected chi connectivity index (χ3v) is 6.72. The Kier molecular flexibility index (Phi) is 6.10. The second-order valence-electron chi connectivity index (χ2n) is 8.42. The van der Waals surface area contributed by atoms with Crippen LogP contribution in [0.15, 0.2) is 53.0 Å². The summed E-state index contributed by atoms with van der Waals surface area (Å²) in [5.74, 6) is -1.91. The number of carbonyl (C=O) groups is 3. The third kappa shape index (κ3) is 4.17. The Bertz CT molecular complexity index is 1090. The average molecular weight is 500 g/mol. The van der Waals surface area contributed by atoms with Crippen LogP contribution in [0.1, 0.15) is 42.1 Å². The van der Waals surface area contributed by atoms with E-state index in [0.717, 1.165) is 32.5 Å². The lowest BCUT2D eigenvalue weighted by Crippen LogP contribution is -2.49. The molecule has 2 aliphatic rings. The Morgan fingerprint density at radius 3 is 2.50 bits per heavy atom. The summed E-state index contributed by atoms with van der Waals surface area (Å²) >= 11 is 3.37. The summed E-state index contributed by atoms with van der Waals surface area (Å²) in [4.78, 5) is 50.6. The number of amides is 3. The maximum absolute atomic E-state index is 13.5. The van der Waals surface area contributed by atoms with Crippen LogP contribution >= 0.6 is 15.9 Å². The molecule has 2 fully saturated rings. The number of non-ortho nitro benzene ring substituents is 1. The van der Waals surface area contributed by atoms with Gasteiger partial charge < -0.3 is 0 Å². The molecule has 0 radical (unpaired) electrons. The molecule has 8 nitrogen and oxygen atoms in total. The fraction of sp³-hybridized carbons (Fsp3) is 0.348. The highest BCUT2D eigenvalue weighted by atomic mass is 79.9. The molecule has 0 unspecified atom stereocenters. The standard InChI is InChI=1S/C23H22BrN3O5/c1-14-5-10-19-20(11-14)23(30)26(22(19)29)25(13-15-6-8-17(24)9-7-15)21(28)16-3-2-4-18(12-16)27(31)32/h2-4,6-9,12,14,19-20H,5,10-11,13H2,1H3/t14-,19-,20-/m1/s1. The highest BCUT2D eigenvalue weighted by molar-refractivity contribution is 9.10. The average Bonchev–Trinajstić information content (AvgIpc) is 3.02. The number of nitro groups is 1. The van der Waals surface area contributed by atoms with Crippen LogP contribution in [0, 0.1) is 27.9 Å². The molecule has 0 bridgehead atoms. The molecule has 9 heteroatoms. The van der Waals surface area contributed by atoms with E-state index in [-0.39, 0.29) is 29.6 Å². The monoisotopic (exact) mass is 499 g/mol. The lowest BCUT2D eigenvalue weighted by molar-refractivity contribution is -0.384. The van der Waals surface area contributed by atoms with Crippen LogP contribution in [-0.2, 0) is 16.1 Å². The summed E-state index contributed by atoms with van der Waals surface area (Å²) < 4.78 is 0.853. The summed E-state index contributed by atoms with van der Waals surface area (Å²) in [6, 6.07) is 12.5. The van der Waals surface area contributed by atoms with Gasteiger partial charge in [0.1, 0.15) is 0 Å². The Balaban J connectivity index is 1.72. The van der Waals surface area contributed by atoms with Crippen molar-refractivity contribution in [3.05, 3.63) is 74.2 Å². The number of hydrazine groups is 1. The molecule has 3 atom stereocenters. The molecule has 2 aromatic carbocycles. The van der Waals surface area contributed by atoms with Crippen molar-refractivity contribution in [3.8, 4) is 0 Å². The van der Waals surface area contributed by atoms with Crippen LogP contribution in [0.25, 0.3) is 0 Å². The molecule has 4 rings (SSSR count). The number of imide groups is 1. The van der Waals surface area contributed by atoms with Gasteiger partial charge in [-0.1, -0.05) is 41.1 Å². The molecule has 1 aliphatic heterocycles. The maximum Gasteiger partial charge on any atom is 0.273 e. The van der Waals surface area contributed by atoms with Gasteiger partial charge >= 0.3 is 0 Å². The van der Waals surface area contributed by atoms with E-state index in [1.54, 1.807) is 24.3 Å². The zero-order valence-electron chi connectivity index (χ0n) is 17.4. The van der Waals surface area contributed by atoms with Crippen LogP contribution in [0.2, 0.25) is 0 Å². The second kappa shape index (κ2) is 8.82. The van der Waals surface area contributed by atoms with E-state index in [1.165, 1.54) is 18.2 Å². The molecule has 1 heterocycles. The SMILES string of the molecule is C[C@@H]1CC[C@H]2C(=O)N(N(Cc3ccc(Br)cc3)C(=O)c3cccc([N+](=O)[O-])c3)C(=O)[C@@H]2C1. The Morgan fingerprint density at radius 2 is 1.81 bits per heavy atom. The van der Waals surface area contributed by atoms with Crippen molar-refractivity contribution in [2.75, 3.05) is 0 Å². The second-order valence-corrected chi connectivity index (χ2v) is 9.33. The molecule has 3 amide bonds. The van der Waals surface area contributed by atoms with Crippen LogP contribution in [0.5, 0.6) is 0 Å². The van der Waals surface area contributed by atoms with Crippen LogP contribution in [0.3, 0.4) is 0 Å². The number of fused-ring (bicyclic) bond motifs is 1. The van der Waals surface area contributed by atoms with Gasteiger partial charge in [0.25, 0.3) is 23.4 Å². The number of halogens is 1. The van der Waals surface area contributed by atoms with Crippen molar-refractivity contribution >= 4 is 39.3 Å². The first-order valence-corrected chi connectivity index (χ1v) is 11.2. The quantitative estimate of drug-likeness (QED) is 0.346. The lowest BCUT2D eigenvalue weighted by Gasteiger charge is -2.30. The van der Waals surface area contributed by atoms with Crippen LogP contribution in [0.4, 0.5) is 5.69 Å². The van der Waals surface area contributed by atoms with Crippen molar-refractivity contribution in [3.63, 3.8) is 0 Å². The first-order chi connectivity index (χ1) is 15.3. The van der Waals surface area contributed by atoms with E-state index in [2.05, 4.69) is 22.9 Å². The van der Waals surface area contributed by atoms with Crippen molar-refractivity contribution in [2.24, 2.45) is 17.8 Å². The number of hydrogen-bond donors (Lipinski definition) is 0. The summed E-state index contributed by atoms with van der Waals surface area (Å²) in [7, 11) is 0. The van der Waals surface area contributed by atoms with E-state index >= 15 is 0 Å². The van der Waals surface area contributed by atoms with Gasteiger partial charge in [0.2, 0.25) is 0 Å². The van der Waals surface area contributed by atoms with E-state index < -0.39 is 22.7 Å². The third-order valence-electron chi connectivity index (χ3n) is 6.19. The normalized spacial score (nSPS) is 22.6. The molecule has 0 spiro atoms. The van der Waals surface area contributed by atoms with E-state index in [4.69, 9.17) is 0 Å². The highest BCUT2D eigenvalue weighted by Crippen LogP contribution is 2.41.